The molecule has 0 radical (unpaired) electrons. The average Bonchev–Trinajstić information content (AvgIpc) is 2.91. The number of aryl methyl sites for hydroxylation is 1. The van der Waals surface area contributed by atoms with Crippen LogP contribution in [-0.2, 0) is 22.4 Å². The van der Waals surface area contributed by atoms with Crippen LogP contribution in [0.1, 0.15) is 36.8 Å². The SMILES string of the molecule is COc1ccccc1CCC(=O)N1CCC2(CC1)C[C@@H](O)[C@@H](O)Cc1ccccc1OCC(=O)N(C)C2. The van der Waals surface area contributed by atoms with Gasteiger partial charge in [0.2, 0.25) is 5.91 Å². The molecule has 2 aliphatic rings. The molecule has 0 aromatic heterocycles. The van der Waals surface area contributed by atoms with Gasteiger partial charge in [-0.25, -0.2) is 0 Å². The number of para-hydroxylation sites is 2. The van der Waals surface area contributed by atoms with Crippen molar-refractivity contribution >= 4 is 11.8 Å². The molecule has 2 amide bonds. The molecule has 1 fully saturated rings. The van der Waals surface area contributed by atoms with Crippen LogP contribution in [0.25, 0.3) is 0 Å². The molecule has 2 aliphatic heterocycles. The van der Waals surface area contributed by atoms with Gasteiger partial charge in [-0.1, -0.05) is 36.4 Å². The van der Waals surface area contributed by atoms with Crippen molar-refractivity contribution in [2.45, 2.75) is 50.7 Å². The van der Waals surface area contributed by atoms with Crippen LogP contribution in [0.2, 0.25) is 0 Å². The number of rotatable bonds is 4. The maximum Gasteiger partial charge on any atom is 0.260 e. The summed E-state index contributed by atoms with van der Waals surface area (Å²) >= 11 is 0. The predicted octanol–water partition coefficient (Wildman–Crippen LogP) is 2.44. The van der Waals surface area contributed by atoms with Crippen molar-refractivity contribution in [3.63, 3.8) is 0 Å². The fourth-order valence-electron chi connectivity index (χ4n) is 5.56. The molecule has 2 heterocycles. The van der Waals surface area contributed by atoms with Gasteiger partial charge in [-0.2, -0.15) is 0 Å². The van der Waals surface area contributed by atoms with E-state index in [2.05, 4.69) is 0 Å². The number of carbonyl (C=O) groups is 2. The van der Waals surface area contributed by atoms with Crippen LogP contribution < -0.4 is 9.47 Å². The molecule has 0 unspecified atom stereocenters. The van der Waals surface area contributed by atoms with Gasteiger partial charge in [0, 0.05) is 39.5 Å². The first kappa shape index (κ1) is 26.9. The summed E-state index contributed by atoms with van der Waals surface area (Å²) in [5, 5.41) is 21.8. The van der Waals surface area contributed by atoms with E-state index in [9.17, 15) is 19.8 Å². The Morgan fingerprint density at radius 3 is 2.54 bits per heavy atom. The predicted molar refractivity (Wildman–Crippen MR) is 139 cm³/mol. The number of likely N-dealkylation sites (N-methyl/N-ethyl adjacent to an activating group) is 1. The molecule has 4 rings (SSSR count). The van der Waals surface area contributed by atoms with E-state index in [4.69, 9.17) is 9.47 Å². The van der Waals surface area contributed by atoms with Gasteiger partial charge in [-0.05, 0) is 54.4 Å². The number of aliphatic hydroxyl groups is 2. The number of likely N-dealkylation sites (tertiary alicyclic amines) is 1. The van der Waals surface area contributed by atoms with E-state index in [1.54, 1.807) is 25.1 Å². The second-order valence-corrected chi connectivity index (χ2v) is 10.4. The zero-order chi connectivity index (χ0) is 26.4. The summed E-state index contributed by atoms with van der Waals surface area (Å²) in [6.07, 6.45) is 0.978. The minimum atomic E-state index is -0.956. The second kappa shape index (κ2) is 12.0. The molecule has 37 heavy (non-hydrogen) atoms. The highest BCUT2D eigenvalue weighted by atomic mass is 16.5. The highest BCUT2D eigenvalue weighted by Crippen LogP contribution is 2.38. The summed E-state index contributed by atoms with van der Waals surface area (Å²) in [7, 11) is 3.38. The van der Waals surface area contributed by atoms with Crippen LogP contribution in [0.5, 0.6) is 11.5 Å². The molecule has 1 spiro atoms. The number of hydrogen-bond donors (Lipinski definition) is 2. The summed E-state index contributed by atoms with van der Waals surface area (Å²) in [5.41, 5.74) is 1.37. The van der Waals surface area contributed by atoms with Crippen molar-refractivity contribution in [1.82, 2.24) is 9.80 Å². The molecule has 2 atom stereocenters. The van der Waals surface area contributed by atoms with Gasteiger partial charge < -0.3 is 29.5 Å². The van der Waals surface area contributed by atoms with E-state index in [1.165, 1.54) is 0 Å². The number of ether oxygens (including phenoxy) is 2. The quantitative estimate of drug-likeness (QED) is 0.656. The summed E-state index contributed by atoms with van der Waals surface area (Å²) in [6, 6.07) is 15.0. The minimum Gasteiger partial charge on any atom is -0.496 e. The van der Waals surface area contributed by atoms with E-state index >= 15 is 0 Å². The van der Waals surface area contributed by atoms with Crippen molar-refractivity contribution < 1.29 is 29.3 Å². The first-order chi connectivity index (χ1) is 17.8. The maximum atomic E-state index is 13.0. The lowest BCUT2D eigenvalue weighted by molar-refractivity contribution is -0.139. The topological polar surface area (TPSA) is 99.5 Å². The number of fused-ring (bicyclic) bond motifs is 1. The standard InChI is InChI=1S/C29H38N2O6/c1-30-20-29(18-24(33)23(32)17-22-8-4-6-10-26(22)37-19-28(30)35)13-15-31(16-14-29)27(34)12-11-21-7-3-5-9-25(21)36-2/h3-10,23-24,32-33H,11-20H2,1-2H3/t23-,24+/m0/s1. The van der Waals surface area contributed by atoms with Crippen molar-refractivity contribution in [3.8, 4) is 11.5 Å². The fraction of sp³-hybridized carbons (Fsp3) is 0.517. The number of aliphatic hydroxyl groups excluding tert-OH is 2. The average molecular weight is 511 g/mol. The minimum absolute atomic E-state index is 0.0870. The normalized spacial score (nSPS) is 22.4. The number of amides is 2. The Labute approximate surface area is 218 Å². The van der Waals surface area contributed by atoms with Gasteiger partial charge in [0.25, 0.3) is 5.91 Å². The number of carbonyl (C=O) groups excluding carboxylic acids is 2. The molecular formula is C29H38N2O6. The zero-order valence-electron chi connectivity index (χ0n) is 21.8. The van der Waals surface area contributed by atoms with Gasteiger partial charge in [0.05, 0.1) is 19.3 Å². The van der Waals surface area contributed by atoms with Crippen molar-refractivity contribution in [2.75, 3.05) is 40.4 Å². The third-order valence-corrected chi connectivity index (χ3v) is 7.81. The zero-order valence-corrected chi connectivity index (χ0v) is 21.8. The van der Waals surface area contributed by atoms with E-state index in [0.717, 1.165) is 16.9 Å². The summed E-state index contributed by atoms with van der Waals surface area (Å²) in [5.74, 6) is 1.28. The Balaban J connectivity index is 1.43. The Hall–Kier alpha value is -3.10. The first-order valence-electron chi connectivity index (χ1n) is 13.0. The van der Waals surface area contributed by atoms with Crippen LogP contribution in [0, 0.1) is 5.41 Å². The molecule has 0 bridgehead atoms. The molecular weight excluding hydrogens is 472 g/mol. The van der Waals surface area contributed by atoms with Crippen LogP contribution >= 0.6 is 0 Å². The van der Waals surface area contributed by atoms with E-state index in [0.29, 0.717) is 57.5 Å². The number of piperidine rings is 1. The van der Waals surface area contributed by atoms with Gasteiger partial charge in [-0.15, -0.1) is 0 Å². The molecule has 2 aromatic rings. The smallest absolute Gasteiger partial charge is 0.260 e. The van der Waals surface area contributed by atoms with E-state index < -0.39 is 17.6 Å². The van der Waals surface area contributed by atoms with Crippen molar-refractivity contribution in [2.24, 2.45) is 5.41 Å². The lowest BCUT2D eigenvalue weighted by atomic mass is 9.72. The number of methoxy groups -OCH3 is 1. The monoisotopic (exact) mass is 510 g/mol. The number of nitrogens with zero attached hydrogens (tertiary/aromatic N) is 2. The first-order valence-corrected chi connectivity index (χ1v) is 13.0. The number of benzene rings is 2. The Bertz CT molecular complexity index is 1080. The number of hydrogen-bond acceptors (Lipinski definition) is 6. The lowest BCUT2D eigenvalue weighted by Gasteiger charge is -2.45. The van der Waals surface area contributed by atoms with Crippen molar-refractivity contribution in [3.05, 3.63) is 59.7 Å². The molecule has 200 valence electrons. The second-order valence-electron chi connectivity index (χ2n) is 10.4. The molecule has 2 aromatic carbocycles. The van der Waals surface area contributed by atoms with Crippen molar-refractivity contribution in [1.29, 1.82) is 0 Å². The molecule has 0 saturated carbocycles. The Morgan fingerprint density at radius 1 is 1.08 bits per heavy atom. The summed E-state index contributed by atoms with van der Waals surface area (Å²) in [4.78, 5) is 29.4. The van der Waals surface area contributed by atoms with E-state index in [1.807, 2.05) is 47.4 Å². The third-order valence-electron chi connectivity index (χ3n) is 7.81. The summed E-state index contributed by atoms with van der Waals surface area (Å²) in [6.45, 7) is 1.45. The highest BCUT2D eigenvalue weighted by molar-refractivity contribution is 5.78. The van der Waals surface area contributed by atoms with Crippen LogP contribution in [0.3, 0.4) is 0 Å². The molecule has 0 aliphatic carbocycles. The van der Waals surface area contributed by atoms with Crippen LogP contribution in [0.15, 0.2) is 48.5 Å². The molecule has 8 heteroatoms. The van der Waals surface area contributed by atoms with Gasteiger partial charge in [0.1, 0.15) is 11.5 Å². The van der Waals surface area contributed by atoms with Crippen LogP contribution in [0.4, 0.5) is 0 Å². The Kier molecular flexibility index (Phi) is 8.71. The summed E-state index contributed by atoms with van der Waals surface area (Å²) < 4.78 is 11.2. The highest BCUT2D eigenvalue weighted by Gasteiger charge is 2.40. The molecule has 1 saturated heterocycles. The van der Waals surface area contributed by atoms with Gasteiger partial charge in [0.15, 0.2) is 6.61 Å². The molecule has 8 nitrogen and oxygen atoms in total. The largest absolute Gasteiger partial charge is 0.496 e. The van der Waals surface area contributed by atoms with Gasteiger partial charge in [-0.3, -0.25) is 9.59 Å². The van der Waals surface area contributed by atoms with Crippen LogP contribution in [-0.4, -0.2) is 84.4 Å². The maximum absolute atomic E-state index is 13.0. The van der Waals surface area contributed by atoms with E-state index in [-0.39, 0.29) is 24.8 Å². The fourth-order valence-corrected chi connectivity index (χ4v) is 5.56. The lowest BCUT2D eigenvalue weighted by Crippen LogP contribution is -2.51. The molecule has 2 N–H and O–H groups in total. The third kappa shape index (κ3) is 6.62. The van der Waals surface area contributed by atoms with Gasteiger partial charge >= 0.3 is 0 Å². The Morgan fingerprint density at radius 2 is 1.78 bits per heavy atom.